The van der Waals surface area contributed by atoms with E-state index in [0.717, 1.165) is 11.3 Å². The molecular formula is C21H21ClN4O3S2. The van der Waals surface area contributed by atoms with Crippen LogP contribution in [-0.2, 0) is 14.6 Å². The number of para-hydroxylation sites is 1. The fourth-order valence-corrected chi connectivity index (χ4v) is 6.25. The zero-order valence-electron chi connectivity index (χ0n) is 16.8. The second-order valence-electron chi connectivity index (χ2n) is 7.33. The summed E-state index contributed by atoms with van der Waals surface area (Å²) in [4.78, 5) is 14.3. The first-order chi connectivity index (χ1) is 14.8. The highest BCUT2D eigenvalue weighted by Crippen LogP contribution is 2.29. The average Bonchev–Trinajstić information content (AvgIpc) is 3.35. The predicted octanol–water partition coefficient (Wildman–Crippen LogP) is 3.33. The van der Waals surface area contributed by atoms with Crippen LogP contribution in [0.1, 0.15) is 6.42 Å². The lowest BCUT2D eigenvalue weighted by Crippen LogP contribution is -2.38. The van der Waals surface area contributed by atoms with Crippen molar-refractivity contribution in [2.75, 3.05) is 24.3 Å². The summed E-state index contributed by atoms with van der Waals surface area (Å²) in [5, 5.41) is 9.89. The molecule has 162 valence electrons. The highest BCUT2D eigenvalue weighted by atomic mass is 35.5. The first-order valence-corrected chi connectivity index (χ1v) is 12.9. The maximum atomic E-state index is 12.7. The molecule has 0 saturated carbocycles. The fraction of sp³-hybridized carbons (Fsp3) is 0.286. The van der Waals surface area contributed by atoms with Crippen LogP contribution in [0, 0.1) is 0 Å². The summed E-state index contributed by atoms with van der Waals surface area (Å²) in [6.45, 7) is 0. The van der Waals surface area contributed by atoms with E-state index in [0.29, 0.717) is 22.4 Å². The summed E-state index contributed by atoms with van der Waals surface area (Å²) in [6.07, 6.45) is 0.482. The number of benzene rings is 2. The van der Waals surface area contributed by atoms with Crippen molar-refractivity contribution in [2.45, 2.75) is 17.6 Å². The Labute approximate surface area is 190 Å². The molecule has 7 nitrogen and oxygen atoms in total. The molecule has 0 N–H and O–H groups in total. The quantitative estimate of drug-likeness (QED) is 0.507. The van der Waals surface area contributed by atoms with Gasteiger partial charge in [0.1, 0.15) is 0 Å². The fourth-order valence-electron chi connectivity index (χ4n) is 3.47. The van der Waals surface area contributed by atoms with Gasteiger partial charge >= 0.3 is 0 Å². The monoisotopic (exact) mass is 476 g/mol. The molecule has 1 saturated heterocycles. The van der Waals surface area contributed by atoms with Crippen molar-refractivity contribution in [3.05, 3.63) is 59.6 Å². The number of hydrogen-bond acceptors (Lipinski definition) is 6. The molecule has 1 aliphatic rings. The van der Waals surface area contributed by atoms with Crippen molar-refractivity contribution >= 4 is 39.1 Å². The largest absolute Gasteiger partial charge is 0.341 e. The zero-order valence-corrected chi connectivity index (χ0v) is 19.2. The van der Waals surface area contributed by atoms with Gasteiger partial charge in [-0.1, -0.05) is 41.6 Å². The molecule has 2 aromatic carbocycles. The van der Waals surface area contributed by atoms with Crippen molar-refractivity contribution in [3.63, 3.8) is 0 Å². The summed E-state index contributed by atoms with van der Waals surface area (Å²) < 4.78 is 25.4. The first-order valence-electron chi connectivity index (χ1n) is 9.70. The Bertz CT molecular complexity index is 1180. The predicted molar refractivity (Wildman–Crippen MR) is 122 cm³/mol. The van der Waals surface area contributed by atoms with Crippen LogP contribution in [0.4, 0.5) is 0 Å². The smallest absolute Gasteiger partial charge is 0.233 e. The minimum atomic E-state index is -3.05. The van der Waals surface area contributed by atoms with E-state index in [4.69, 9.17) is 11.6 Å². The standard InChI is InChI=1S/C21H21ClN4O3S2/c1-25(18-11-12-31(28,29)14-18)19(27)13-30-21-24-23-20(15-7-9-16(22)10-8-15)26(21)17-5-3-2-4-6-17/h2-10,18H,11-14H2,1H3/t18-/m1/s1. The lowest BCUT2D eigenvalue weighted by Gasteiger charge is -2.23. The van der Waals surface area contributed by atoms with Crippen LogP contribution in [0.5, 0.6) is 0 Å². The average molecular weight is 477 g/mol. The van der Waals surface area contributed by atoms with Crippen LogP contribution in [0.15, 0.2) is 59.8 Å². The third-order valence-corrected chi connectivity index (χ3v) is 8.14. The van der Waals surface area contributed by atoms with E-state index in [1.165, 1.54) is 11.8 Å². The van der Waals surface area contributed by atoms with Crippen molar-refractivity contribution in [3.8, 4) is 17.1 Å². The summed E-state index contributed by atoms with van der Waals surface area (Å²) in [5.41, 5.74) is 1.73. The summed E-state index contributed by atoms with van der Waals surface area (Å²) in [5.74, 6) is 0.810. The number of carbonyl (C=O) groups excluding carboxylic acids is 1. The number of carbonyl (C=O) groups is 1. The highest BCUT2D eigenvalue weighted by Gasteiger charge is 2.32. The Morgan fingerprint density at radius 2 is 1.87 bits per heavy atom. The maximum absolute atomic E-state index is 12.7. The molecule has 2 heterocycles. The molecule has 1 fully saturated rings. The molecule has 10 heteroatoms. The maximum Gasteiger partial charge on any atom is 0.233 e. The molecule has 1 aliphatic heterocycles. The van der Waals surface area contributed by atoms with E-state index in [2.05, 4.69) is 10.2 Å². The van der Waals surface area contributed by atoms with Crippen LogP contribution >= 0.6 is 23.4 Å². The number of amides is 1. The number of halogens is 1. The molecule has 1 aromatic heterocycles. The lowest BCUT2D eigenvalue weighted by atomic mass is 10.2. The van der Waals surface area contributed by atoms with Gasteiger partial charge in [0.05, 0.1) is 17.3 Å². The van der Waals surface area contributed by atoms with Gasteiger partial charge in [0.25, 0.3) is 0 Å². The van der Waals surface area contributed by atoms with Gasteiger partial charge in [0, 0.05) is 29.4 Å². The van der Waals surface area contributed by atoms with Crippen LogP contribution in [-0.4, -0.2) is 64.3 Å². The van der Waals surface area contributed by atoms with E-state index in [-0.39, 0.29) is 29.2 Å². The van der Waals surface area contributed by atoms with Crippen LogP contribution in [0.2, 0.25) is 5.02 Å². The Morgan fingerprint density at radius 1 is 1.16 bits per heavy atom. The second kappa shape index (κ2) is 9.02. The second-order valence-corrected chi connectivity index (χ2v) is 10.9. The molecule has 3 aromatic rings. The van der Waals surface area contributed by atoms with Gasteiger partial charge in [0.2, 0.25) is 5.91 Å². The molecule has 0 aliphatic carbocycles. The summed E-state index contributed by atoms with van der Waals surface area (Å²) >= 11 is 7.30. The topological polar surface area (TPSA) is 85.2 Å². The Morgan fingerprint density at radius 3 is 2.52 bits per heavy atom. The number of sulfone groups is 1. The SMILES string of the molecule is CN(C(=O)CSc1nnc(-c2ccc(Cl)cc2)n1-c1ccccc1)[C@@H]1CCS(=O)(=O)C1. The minimum Gasteiger partial charge on any atom is -0.341 e. The lowest BCUT2D eigenvalue weighted by molar-refractivity contribution is -0.128. The molecular weight excluding hydrogens is 456 g/mol. The first kappa shape index (κ1) is 21.9. The Hall–Kier alpha value is -2.36. The highest BCUT2D eigenvalue weighted by molar-refractivity contribution is 7.99. The molecule has 0 spiro atoms. The Kier molecular flexibility index (Phi) is 6.36. The van der Waals surface area contributed by atoms with Gasteiger partial charge in [-0.2, -0.15) is 0 Å². The van der Waals surface area contributed by atoms with Gasteiger partial charge in [0.15, 0.2) is 20.8 Å². The van der Waals surface area contributed by atoms with E-state index in [1.807, 2.05) is 47.0 Å². The molecule has 4 rings (SSSR count). The summed E-state index contributed by atoms with van der Waals surface area (Å²) in [7, 11) is -1.39. The zero-order chi connectivity index (χ0) is 22.0. The van der Waals surface area contributed by atoms with Crippen LogP contribution in [0.3, 0.4) is 0 Å². The van der Waals surface area contributed by atoms with Gasteiger partial charge in [-0.3, -0.25) is 9.36 Å². The van der Waals surface area contributed by atoms with E-state index in [9.17, 15) is 13.2 Å². The van der Waals surface area contributed by atoms with E-state index < -0.39 is 9.84 Å². The van der Waals surface area contributed by atoms with Gasteiger partial charge in [-0.25, -0.2) is 8.42 Å². The molecule has 1 amide bonds. The number of hydrogen-bond donors (Lipinski definition) is 0. The minimum absolute atomic E-state index is 0.0286. The molecule has 1 atom stereocenters. The van der Waals surface area contributed by atoms with Crippen molar-refractivity contribution < 1.29 is 13.2 Å². The molecule has 0 radical (unpaired) electrons. The third kappa shape index (κ3) is 4.94. The third-order valence-electron chi connectivity index (χ3n) is 5.22. The van der Waals surface area contributed by atoms with Crippen molar-refractivity contribution in [2.24, 2.45) is 0 Å². The normalized spacial score (nSPS) is 17.5. The number of rotatable bonds is 6. The number of thioether (sulfide) groups is 1. The molecule has 31 heavy (non-hydrogen) atoms. The molecule has 0 bridgehead atoms. The number of nitrogens with zero attached hydrogens (tertiary/aromatic N) is 4. The van der Waals surface area contributed by atoms with Crippen molar-refractivity contribution in [1.29, 1.82) is 0 Å². The van der Waals surface area contributed by atoms with Crippen LogP contribution < -0.4 is 0 Å². The summed E-state index contributed by atoms with van der Waals surface area (Å²) in [6, 6.07) is 16.7. The van der Waals surface area contributed by atoms with Crippen LogP contribution in [0.25, 0.3) is 17.1 Å². The van der Waals surface area contributed by atoms with Crippen molar-refractivity contribution in [1.82, 2.24) is 19.7 Å². The van der Waals surface area contributed by atoms with E-state index >= 15 is 0 Å². The molecule has 0 unspecified atom stereocenters. The van der Waals surface area contributed by atoms with Gasteiger partial charge < -0.3 is 4.90 Å². The van der Waals surface area contributed by atoms with E-state index in [1.54, 1.807) is 24.1 Å². The van der Waals surface area contributed by atoms with Gasteiger partial charge in [-0.15, -0.1) is 10.2 Å². The Balaban J connectivity index is 1.57. The van der Waals surface area contributed by atoms with Gasteiger partial charge in [-0.05, 0) is 42.8 Å². The number of aromatic nitrogens is 3.